The van der Waals surface area contributed by atoms with Crippen LogP contribution in [0.15, 0.2) is 33.1 Å². The van der Waals surface area contributed by atoms with Gasteiger partial charge in [0.05, 0.1) is 10.5 Å². The van der Waals surface area contributed by atoms with Gasteiger partial charge in [0.15, 0.2) is 0 Å². The van der Waals surface area contributed by atoms with Gasteiger partial charge in [0.25, 0.3) is 0 Å². The van der Waals surface area contributed by atoms with Crippen LogP contribution in [0.3, 0.4) is 0 Å². The molecule has 0 heterocycles. The molecule has 1 saturated carbocycles. The molecule has 0 unspecified atom stereocenters. The van der Waals surface area contributed by atoms with E-state index in [0.717, 1.165) is 28.6 Å². The fourth-order valence-electron chi connectivity index (χ4n) is 1.76. The van der Waals surface area contributed by atoms with Gasteiger partial charge in [-0.1, -0.05) is 35.0 Å². The molecule has 0 spiro atoms. The van der Waals surface area contributed by atoms with E-state index in [0.29, 0.717) is 0 Å². The molecule has 0 bridgehead atoms. The molecule has 104 valence electrons. The molecule has 0 aliphatic heterocycles. The van der Waals surface area contributed by atoms with Crippen LogP contribution in [-0.4, -0.2) is 14.7 Å². The van der Waals surface area contributed by atoms with Gasteiger partial charge in [-0.2, -0.15) is 4.40 Å². The lowest BCUT2D eigenvalue weighted by Crippen LogP contribution is -2.23. The van der Waals surface area contributed by atoms with Gasteiger partial charge in [0.1, 0.15) is 11.0 Å². The van der Waals surface area contributed by atoms with E-state index in [1.807, 2.05) is 45.0 Å². The first-order valence-corrected chi connectivity index (χ1v) is 8.39. The van der Waals surface area contributed by atoms with Crippen molar-refractivity contribution in [3.8, 4) is 0 Å². The van der Waals surface area contributed by atoms with E-state index >= 15 is 0 Å². The maximum absolute atomic E-state index is 12.3. The second-order valence-electron chi connectivity index (χ2n) is 6.37. The molecule has 0 saturated heterocycles. The maximum atomic E-state index is 12.3. The smallest absolute Gasteiger partial charge is 0.145 e. The average molecular weight is 342 g/mol. The predicted octanol–water partition coefficient (Wildman–Crippen LogP) is 4.50. The summed E-state index contributed by atoms with van der Waals surface area (Å²) in [6, 6.07) is 8.12. The van der Waals surface area contributed by atoms with Crippen LogP contribution in [0, 0.1) is 5.41 Å². The first-order chi connectivity index (χ1) is 8.72. The minimum atomic E-state index is -1.20. The second-order valence-corrected chi connectivity index (χ2v) is 9.19. The summed E-state index contributed by atoms with van der Waals surface area (Å²) in [6.45, 7) is 8.08. The van der Waals surface area contributed by atoms with Gasteiger partial charge in [-0.25, -0.2) is 4.21 Å². The Labute approximate surface area is 126 Å². The predicted molar refractivity (Wildman–Crippen MR) is 85.9 cm³/mol. The van der Waals surface area contributed by atoms with Gasteiger partial charge in [0, 0.05) is 9.89 Å². The maximum Gasteiger partial charge on any atom is 0.145 e. The van der Waals surface area contributed by atoms with Crippen molar-refractivity contribution in [1.82, 2.24) is 0 Å². The molecular formula is C15H20BrNOS. The summed E-state index contributed by atoms with van der Waals surface area (Å²) >= 11 is 3.44. The third-order valence-electron chi connectivity index (χ3n) is 3.39. The number of nitrogens with zero attached hydrogens (tertiary/aromatic N) is 1. The van der Waals surface area contributed by atoms with Crippen LogP contribution >= 0.6 is 15.9 Å². The van der Waals surface area contributed by atoms with Crippen LogP contribution in [0.2, 0.25) is 0 Å². The molecule has 19 heavy (non-hydrogen) atoms. The zero-order chi connectivity index (χ0) is 14.3. The second kappa shape index (κ2) is 5.13. The topological polar surface area (TPSA) is 29.4 Å². The van der Waals surface area contributed by atoms with Crippen LogP contribution in [0.5, 0.6) is 0 Å². The molecule has 0 aromatic heterocycles. The standard InChI is InChI=1S/C15H20BrNOS/c1-14(2,3)19(18)17-13(15(4)9-10-15)11-5-7-12(16)8-6-11/h5-8H,9-10H2,1-4H3/t19-/m0/s1. The lowest BCUT2D eigenvalue weighted by Gasteiger charge is -2.18. The summed E-state index contributed by atoms with van der Waals surface area (Å²) in [5, 5.41) is 0. The Hall–Kier alpha value is -0.480. The molecule has 1 atom stereocenters. The third kappa shape index (κ3) is 3.54. The first-order valence-electron chi connectivity index (χ1n) is 6.49. The van der Waals surface area contributed by atoms with Crippen molar-refractivity contribution < 1.29 is 4.21 Å². The van der Waals surface area contributed by atoms with Gasteiger partial charge >= 0.3 is 0 Å². The number of hydrogen-bond acceptors (Lipinski definition) is 1. The molecule has 1 fully saturated rings. The summed E-state index contributed by atoms with van der Waals surface area (Å²) < 4.78 is 17.6. The Balaban J connectivity index is 2.40. The van der Waals surface area contributed by atoms with Crippen molar-refractivity contribution in [1.29, 1.82) is 0 Å². The Bertz CT molecular complexity index is 524. The van der Waals surface area contributed by atoms with Gasteiger partial charge in [-0.3, -0.25) is 0 Å². The summed E-state index contributed by atoms with van der Waals surface area (Å²) in [6.07, 6.45) is 2.26. The van der Waals surface area contributed by atoms with Crippen molar-refractivity contribution in [3.63, 3.8) is 0 Å². The van der Waals surface area contributed by atoms with Crippen molar-refractivity contribution in [2.45, 2.75) is 45.3 Å². The van der Waals surface area contributed by atoms with Gasteiger partial charge in [0.2, 0.25) is 0 Å². The molecule has 0 N–H and O–H groups in total. The number of rotatable bonds is 3. The number of hydrogen-bond donors (Lipinski definition) is 0. The summed E-state index contributed by atoms with van der Waals surface area (Å²) in [5.41, 5.74) is 2.18. The van der Waals surface area contributed by atoms with Gasteiger partial charge < -0.3 is 0 Å². The highest BCUT2D eigenvalue weighted by Crippen LogP contribution is 2.48. The van der Waals surface area contributed by atoms with Crippen molar-refractivity contribution in [2.75, 3.05) is 0 Å². The van der Waals surface area contributed by atoms with Gasteiger partial charge in [-0.15, -0.1) is 0 Å². The molecule has 0 radical (unpaired) electrons. The van der Waals surface area contributed by atoms with Crippen molar-refractivity contribution >= 4 is 32.6 Å². The highest BCUT2D eigenvalue weighted by Gasteiger charge is 2.43. The Kier molecular flexibility index (Phi) is 4.03. The van der Waals surface area contributed by atoms with E-state index < -0.39 is 11.0 Å². The minimum Gasteiger partial charge on any atom is -0.234 e. The Morgan fingerprint density at radius 3 is 2.21 bits per heavy atom. The van der Waals surface area contributed by atoms with Crippen LogP contribution in [0.4, 0.5) is 0 Å². The quantitative estimate of drug-likeness (QED) is 0.744. The van der Waals surface area contributed by atoms with E-state index in [-0.39, 0.29) is 10.2 Å². The summed E-state index contributed by atoms with van der Waals surface area (Å²) in [4.78, 5) is 0. The van der Waals surface area contributed by atoms with Gasteiger partial charge in [-0.05, 0) is 51.3 Å². The van der Waals surface area contributed by atoms with Crippen LogP contribution in [-0.2, 0) is 11.0 Å². The molecule has 4 heteroatoms. The summed E-state index contributed by atoms with van der Waals surface area (Å²) in [5.74, 6) is 0. The first kappa shape index (κ1) is 14.9. The fraction of sp³-hybridized carbons (Fsp3) is 0.533. The van der Waals surface area contributed by atoms with E-state index in [1.165, 1.54) is 0 Å². The molecule has 2 nitrogen and oxygen atoms in total. The van der Waals surface area contributed by atoms with Crippen molar-refractivity contribution in [2.24, 2.45) is 9.81 Å². The average Bonchev–Trinajstić information content (AvgIpc) is 3.05. The summed E-state index contributed by atoms with van der Waals surface area (Å²) in [7, 11) is -1.20. The van der Waals surface area contributed by atoms with Crippen LogP contribution in [0.1, 0.15) is 46.1 Å². The van der Waals surface area contributed by atoms with E-state index in [1.54, 1.807) is 0 Å². The van der Waals surface area contributed by atoms with Crippen LogP contribution in [0.25, 0.3) is 0 Å². The lowest BCUT2D eigenvalue weighted by atomic mass is 9.96. The third-order valence-corrected chi connectivity index (χ3v) is 5.31. The minimum absolute atomic E-state index is 0.106. The normalized spacial score (nSPS) is 20.2. The highest BCUT2D eigenvalue weighted by atomic mass is 79.9. The Morgan fingerprint density at radius 2 is 1.79 bits per heavy atom. The molecular weight excluding hydrogens is 322 g/mol. The fourth-order valence-corrected chi connectivity index (χ4v) is 2.79. The molecule has 1 aliphatic rings. The molecule has 0 amide bonds. The monoisotopic (exact) mass is 341 g/mol. The van der Waals surface area contributed by atoms with E-state index in [2.05, 4.69) is 27.3 Å². The van der Waals surface area contributed by atoms with E-state index in [9.17, 15) is 4.21 Å². The number of benzene rings is 1. The molecule has 1 aliphatic carbocycles. The SMILES string of the molecule is CC1(C(=N[S@@](=O)C(C)(C)C)c2ccc(Br)cc2)CC1. The Morgan fingerprint density at radius 1 is 1.26 bits per heavy atom. The zero-order valence-electron chi connectivity index (χ0n) is 11.9. The zero-order valence-corrected chi connectivity index (χ0v) is 14.3. The largest absolute Gasteiger partial charge is 0.234 e. The lowest BCUT2D eigenvalue weighted by molar-refractivity contribution is 0.650. The molecule has 2 rings (SSSR count). The molecule has 1 aromatic rings. The van der Waals surface area contributed by atoms with Crippen LogP contribution < -0.4 is 0 Å². The van der Waals surface area contributed by atoms with Crippen molar-refractivity contribution in [3.05, 3.63) is 34.3 Å². The highest BCUT2D eigenvalue weighted by molar-refractivity contribution is 9.10. The van der Waals surface area contributed by atoms with E-state index in [4.69, 9.17) is 0 Å². The molecule has 1 aromatic carbocycles. The number of halogens is 1.